The van der Waals surface area contributed by atoms with E-state index in [0.29, 0.717) is 5.56 Å². The van der Waals surface area contributed by atoms with Gasteiger partial charge in [0, 0.05) is 17.5 Å². The molecule has 30 heavy (non-hydrogen) atoms. The van der Waals surface area contributed by atoms with Gasteiger partial charge < -0.3 is 20.1 Å². The molecule has 1 aliphatic heterocycles. The minimum Gasteiger partial charge on any atom is -0.507 e. The van der Waals surface area contributed by atoms with Gasteiger partial charge in [-0.2, -0.15) is 0 Å². The van der Waals surface area contributed by atoms with Gasteiger partial charge in [-0.05, 0) is 45.8 Å². The average molecular weight is 408 g/mol. The number of benzene rings is 2. The molecular formula is C25H28O5. The molecule has 2 aromatic carbocycles. The number of aromatic hydroxyl groups is 2. The van der Waals surface area contributed by atoms with E-state index in [0.717, 1.165) is 11.1 Å². The molecule has 5 heteroatoms. The van der Waals surface area contributed by atoms with Crippen molar-refractivity contribution in [2.75, 3.05) is 0 Å². The number of rotatable bonds is 6. The van der Waals surface area contributed by atoms with E-state index in [1.165, 1.54) is 6.08 Å². The van der Waals surface area contributed by atoms with Crippen LogP contribution in [0.4, 0.5) is 0 Å². The van der Waals surface area contributed by atoms with Crippen molar-refractivity contribution in [1.82, 2.24) is 0 Å². The number of carbonyl (C=O) groups is 1. The maximum absolute atomic E-state index is 13.1. The van der Waals surface area contributed by atoms with Gasteiger partial charge in [0.25, 0.3) is 0 Å². The van der Waals surface area contributed by atoms with Crippen molar-refractivity contribution >= 4 is 11.9 Å². The normalized spacial score (nSPS) is 15.7. The first-order valence-corrected chi connectivity index (χ1v) is 9.99. The summed E-state index contributed by atoms with van der Waals surface area (Å²) in [5, 5.41) is 32.1. The molecule has 0 unspecified atom stereocenters. The Labute approximate surface area is 177 Å². The Morgan fingerprint density at radius 1 is 1.17 bits per heavy atom. The number of phenols is 2. The summed E-state index contributed by atoms with van der Waals surface area (Å²) in [5.41, 5.74) is 1.43. The molecule has 0 radical (unpaired) electrons. The predicted molar refractivity (Wildman–Crippen MR) is 117 cm³/mol. The van der Waals surface area contributed by atoms with Crippen LogP contribution in [0.15, 0.2) is 48.1 Å². The summed E-state index contributed by atoms with van der Waals surface area (Å²) in [6.07, 6.45) is 4.81. The van der Waals surface area contributed by atoms with Crippen molar-refractivity contribution in [3.63, 3.8) is 0 Å². The van der Waals surface area contributed by atoms with E-state index in [1.807, 2.05) is 50.3 Å². The number of fused-ring (bicyclic) bond motifs is 1. The lowest BCUT2D eigenvalue weighted by atomic mass is 9.92. The zero-order valence-corrected chi connectivity index (χ0v) is 17.8. The molecular weight excluding hydrogens is 380 g/mol. The van der Waals surface area contributed by atoms with Gasteiger partial charge in [-0.3, -0.25) is 4.79 Å². The van der Waals surface area contributed by atoms with Gasteiger partial charge in [0.2, 0.25) is 0 Å². The smallest absolute Gasteiger partial charge is 0.193 e. The molecule has 5 nitrogen and oxygen atoms in total. The van der Waals surface area contributed by atoms with E-state index in [4.69, 9.17) is 4.74 Å². The first-order valence-electron chi connectivity index (χ1n) is 9.99. The summed E-state index contributed by atoms with van der Waals surface area (Å²) in [5.74, 6) is -0.665. The summed E-state index contributed by atoms with van der Waals surface area (Å²) < 4.78 is 5.88. The third-order valence-electron chi connectivity index (χ3n) is 5.22. The van der Waals surface area contributed by atoms with Crippen molar-refractivity contribution in [1.29, 1.82) is 0 Å². The molecule has 0 aromatic heterocycles. The van der Waals surface area contributed by atoms with Crippen molar-refractivity contribution in [3.05, 3.63) is 70.3 Å². The van der Waals surface area contributed by atoms with Crippen LogP contribution in [0, 0.1) is 0 Å². The number of allylic oxidation sites excluding steroid dienone is 3. The fourth-order valence-electron chi connectivity index (χ4n) is 3.44. The van der Waals surface area contributed by atoms with E-state index in [1.54, 1.807) is 19.9 Å². The van der Waals surface area contributed by atoms with Crippen LogP contribution >= 0.6 is 0 Å². The van der Waals surface area contributed by atoms with Gasteiger partial charge in [-0.25, -0.2) is 0 Å². The average Bonchev–Trinajstić information content (AvgIpc) is 3.12. The molecule has 0 spiro atoms. The Morgan fingerprint density at radius 2 is 1.83 bits per heavy atom. The zero-order chi connectivity index (χ0) is 22.1. The number of hydrogen-bond donors (Lipinski definition) is 3. The molecule has 0 saturated carbocycles. The largest absolute Gasteiger partial charge is 0.507 e. The fourth-order valence-corrected chi connectivity index (χ4v) is 3.44. The predicted octanol–water partition coefficient (Wildman–Crippen LogP) is 4.58. The van der Waals surface area contributed by atoms with Crippen LogP contribution in [-0.4, -0.2) is 32.8 Å². The van der Waals surface area contributed by atoms with Gasteiger partial charge >= 0.3 is 0 Å². The van der Waals surface area contributed by atoms with Gasteiger partial charge in [0.1, 0.15) is 28.9 Å². The Kier molecular flexibility index (Phi) is 6.04. The van der Waals surface area contributed by atoms with Crippen molar-refractivity contribution in [2.24, 2.45) is 0 Å². The van der Waals surface area contributed by atoms with Gasteiger partial charge in [-0.1, -0.05) is 48.1 Å². The molecule has 158 valence electrons. The van der Waals surface area contributed by atoms with Crippen LogP contribution in [0.25, 0.3) is 6.08 Å². The van der Waals surface area contributed by atoms with E-state index < -0.39 is 17.5 Å². The highest BCUT2D eigenvalue weighted by Gasteiger charge is 2.40. The molecule has 0 saturated heterocycles. The summed E-state index contributed by atoms with van der Waals surface area (Å²) in [6, 6.07) is 9.36. The SMILES string of the molecule is CC(C)=CCc1c(O)c2c(c(C(=O)/C=C/c3ccccc3)c1O)O[C@H](C(C)(C)O)C2. The van der Waals surface area contributed by atoms with Crippen LogP contribution in [0.3, 0.4) is 0 Å². The lowest BCUT2D eigenvalue weighted by Crippen LogP contribution is -2.39. The minimum absolute atomic E-state index is 0.0129. The topological polar surface area (TPSA) is 87.0 Å². The molecule has 1 atom stereocenters. The third kappa shape index (κ3) is 4.41. The molecule has 1 heterocycles. The highest BCUT2D eigenvalue weighted by molar-refractivity contribution is 6.11. The Morgan fingerprint density at radius 3 is 2.43 bits per heavy atom. The van der Waals surface area contributed by atoms with Gasteiger partial charge in [-0.15, -0.1) is 0 Å². The zero-order valence-electron chi connectivity index (χ0n) is 17.8. The summed E-state index contributed by atoms with van der Waals surface area (Å²) in [4.78, 5) is 13.1. The molecule has 2 aromatic rings. The second-order valence-electron chi connectivity index (χ2n) is 8.42. The fraction of sp³-hybridized carbons (Fsp3) is 0.320. The maximum atomic E-state index is 13.1. The monoisotopic (exact) mass is 408 g/mol. The van der Waals surface area contributed by atoms with Crippen LogP contribution in [0.5, 0.6) is 17.2 Å². The third-order valence-corrected chi connectivity index (χ3v) is 5.22. The molecule has 3 N–H and O–H groups in total. The molecule has 0 aliphatic carbocycles. The van der Waals surface area contributed by atoms with Gasteiger partial charge in [0.15, 0.2) is 5.78 Å². The summed E-state index contributed by atoms with van der Waals surface area (Å²) in [6.45, 7) is 7.07. The lowest BCUT2D eigenvalue weighted by molar-refractivity contribution is -0.0232. The van der Waals surface area contributed by atoms with E-state index in [9.17, 15) is 20.1 Å². The Hall–Kier alpha value is -3.05. The first-order chi connectivity index (χ1) is 14.1. The lowest BCUT2D eigenvalue weighted by Gasteiger charge is -2.24. The number of hydrogen-bond acceptors (Lipinski definition) is 5. The number of carbonyl (C=O) groups excluding carboxylic acids is 1. The maximum Gasteiger partial charge on any atom is 0.193 e. The van der Waals surface area contributed by atoms with E-state index in [-0.39, 0.29) is 41.2 Å². The molecule has 0 amide bonds. The van der Waals surface area contributed by atoms with Gasteiger partial charge in [0.05, 0.1) is 5.60 Å². The van der Waals surface area contributed by atoms with Crippen LogP contribution in [0.2, 0.25) is 0 Å². The molecule has 3 rings (SSSR count). The Balaban J connectivity index is 2.10. The molecule has 0 bridgehead atoms. The summed E-state index contributed by atoms with van der Waals surface area (Å²) in [7, 11) is 0. The minimum atomic E-state index is -1.18. The number of aliphatic hydroxyl groups is 1. The quantitative estimate of drug-likeness (QED) is 0.370. The van der Waals surface area contributed by atoms with Crippen LogP contribution in [0.1, 0.15) is 54.7 Å². The van der Waals surface area contributed by atoms with Crippen molar-refractivity contribution in [3.8, 4) is 17.2 Å². The van der Waals surface area contributed by atoms with Crippen molar-refractivity contribution < 1.29 is 24.9 Å². The van der Waals surface area contributed by atoms with Crippen molar-refractivity contribution in [2.45, 2.75) is 52.2 Å². The first kappa shape index (κ1) is 21.7. The standard InChI is InChI=1S/C25H28O5/c1-15(2)10-12-17-22(27)18-14-20(25(3,4)29)30-24(18)21(23(17)28)19(26)13-11-16-8-6-5-7-9-16/h5-11,13,20,27-29H,12,14H2,1-4H3/b13-11+/t20-/m0/s1. The molecule has 0 fully saturated rings. The van der Waals surface area contributed by atoms with E-state index in [2.05, 4.69) is 0 Å². The van der Waals surface area contributed by atoms with E-state index >= 15 is 0 Å². The van der Waals surface area contributed by atoms with Crippen LogP contribution < -0.4 is 4.74 Å². The highest BCUT2D eigenvalue weighted by atomic mass is 16.5. The summed E-state index contributed by atoms with van der Waals surface area (Å²) >= 11 is 0. The number of ketones is 1. The second kappa shape index (κ2) is 8.36. The second-order valence-corrected chi connectivity index (χ2v) is 8.42. The molecule has 1 aliphatic rings. The Bertz CT molecular complexity index is 1010. The number of ether oxygens (including phenoxy) is 1. The number of phenolic OH excluding ortho intramolecular Hbond substituents is 2. The highest BCUT2D eigenvalue weighted by Crippen LogP contribution is 2.48. The van der Waals surface area contributed by atoms with Crippen LogP contribution in [-0.2, 0) is 12.8 Å².